The molecule has 0 saturated carbocycles. The molecule has 32 heavy (non-hydrogen) atoms. The quantitative estimate of drug-likeness (QED) is 0.197. The van der Waals surface area contributed by atoms with Gasteiger partial charge in [-0.25, -0.2) is 0 Å². The topological polar surface area (TPSA) is 18.5 Å². The zero-order valence-electron chi connectivity index (χ0n) is 24.1. The van der Waals surface area contributed by atoms with Crippen molar-refractivity contribution in [1.82, 2.24) is 0 Å². The number of rotatable bonds is 7. The Labute approximate surface area is 205 Å². The Morgan fingerprint density at radius 3 is 1.41 bits per heavy atom. The molecule has 0 unspecified atom stereocenters. The van der Waals surface area contributed by atoms with Gasteiger partial charge in [0, 0.05) is 0 Å². The third-order valence-corrected chi connectivity index (χ3v) is 12.3. The lowest BCUT2D eigenvalue weighted by molar-refractivity contribution is 0.173. The first kappa shape index (κ1) is 31.6. The summed E-state index contributed by atoms with van der Waals surface area (Å²) in [6.07, 6.45) is 4.34. The van der Waals surface area contributed by atoms with E-state index in [0.717, 1.165) is 0 Å². The predicted molar refractivity (Wildman–Crippen MR) is 155 cm³/mol. The first-order valence-corrected chi connectivity index (χ1v) is 25.4. The molecule has 0 amide bonds. The van der Waals surface area contributed by atoms with Crippen LogP contribution in [0.5, 0.6) is 0 Å². The van der Waals surface area contributed by atoms with Crippen molar-refractivity contribution in [2.45, 2.75) is 123 Å². The average molecular weight is 509 g/mol. The predicted octanol–water partition coefficient (Wildman–Crippen LogP) is 7.94. The van der Waals surface area contributed by atoms with E-state index in [2.05, 4.69) is 142 Å². The Balaban J connectivity index is 6.66. The van der Waals surface area contributed by atoms with Crippen LogP contribution in [0.15, 0.2) is 12.2 Å². The van der Waals surface area contributed by atoms with Crippen LogP contribution in [0.25, 0.3) is 0 Å². The molecule has 0 fully saturated rings. The molecule has 0 aliphatic carbocycles. The van der Waals surface area contributed by atoms with E-state index in [1.54, 1.807) is 0 Å². The standard InChI is InChI=1S/C26H52O2Si4/c1-23(2)24(27-32(15,16)25(3,4)5)17-18-26(28-31(12,13)14,19-21-29(6,7)8)20-22-30(9,10)11/h17-18,23-24H,1-16H3/b18-17+/t24-/m1/s1. The molecule has 6 heteroatoms. The minimum absolute atomic E-state index is 0.0165. The lowest BCUT2D eigenvalue weighted by Gasteiger charge is -2.40. The molecule has 0 N–H and O–H groups in total. The van der Waals surface area contributed by atoms with Gasteiger partial charge in [0.15, 0.2) is 22.2 Å². The first-order valence-electron chi connectivity index (χ1n) is 12.0. The summed E-state index contributed by atoms with van der Waals surface area (Å²) in [5, 5.41) is 0.162. The molecule has 0 heterocycles. The number of hydrogen-bond acceptors (Lipinski definition) is 2. The van der Waals surface area contributed by atoms with E-state index in [-0.39, 0.29) is 11.1 Å². The maximum Gasteiger partial charge on any atom is 0.199 e. The van der Waals surface area contributed by atoms with Crippen molar-refractivity contribution >= 4 is 32.8 Å². The SMILES string of the molecule is CC(C)[C@@H](/C=C/C(C#C[Si](C)(C)C)(C#C[Si](C)(C)C)O[Si](C)(C)C)O[Si](C)(C)C(C)(C)C. The van der Waals surface area contributed by atoms with Crippen LogP contribution in [0, 0.1) is 28.8 Å². The van der Waals surface area contributed by atoms with Crippen LogP contribution in [0.4, 0.5) is 0 Å². The van der Waals surface area contributed by atoms with Crippen LogP contribution in [-0.4, -0.2) is 44.5 Å². The van der Waals surface area contributed by atoms with Crippen molar-refractivity contribution in [1.29, 1.82) is 0 Å². The minimum atomic E-state index is -1.92. The van der Waals surface area contributed by atoms with E-state index in [1.165, 1.54) is 0 Å². The second-order valence-electron chi connectivity index (χ2n) is 13.9. The Morgan fingerprint density at radius 2 is 1.12 bits per heavy atom. The molecule has 1 atom stereocenters. The van der Waals surface area contributed by atoms with Gasteiger partial charge >= 0.3 is 0 Å². The molecule has 0 aliphatic heterocycles. The van der Waals surface area contributed by atoms with Crippen LogP contribution < -0.4 is 0 Å². The molecule has 0 aromatic carbocycles. The van der Waals surface area contributed by atoms with Crippen LogP contribution >= 0.6 is 0 Å². The zero-order chi connectivity index (χ0) is 25.8. The van der Waals surface area contributed by atoms with Crippen molar-refractivity contribution in [3.05, 3.63) is 12.2 Å². The third-order valence-electron chi connectivity index (χ3n) is 5.13. The Kier molecular flexibility index (Phi) is 10.8. The van der Waals surface area contributed by atoms with Gasteiger partial charge in [-0.15, -0.1) is 11.1 Å². The molecule has 0 aromatic heterocycles. The van der Waals surface area contributed by atoms with Gasteiger partial charge in [0.2, 0.25) is 0 Å². The molecular weight excluding hydrogens is 457 g/mol. The Hall–Kier alpha value is -0.352. The van der Waals surface area contributed by atoms with Gasteiger partial charge in [0.05, 0.1) is 6.10 Å². The highest BCUT2D eigenvalue weighted by molar-refractivity contribution is 6.84. The summed E-state index contributed by atoms with van der Waals surface area (Å²) in [5.74, 6) is 7.42. The number of hydrogen-bond donors (Lipinski definition) is 0. The largest absolute Gasteiger partial charge is 0.410 e. The molecular formula is C26H52O2Si4. The van der Waals surface area contributed by atoms with E-state index in [9.17, 15) is 0 Å². The second kappa shape index (κ2) is 10.9. The van der Waals surface area contributed by atoms with Crippen molar-refractivity contribution in [3.63, 3.8) is 0 Å². The molecule has 184 valence electrons. The minimum Gasteiger partial charge on any atom is -0.410 e. The summed E-state index contributed by atoms with van der Waals surface area (Å²) >= 11 is 0. The summed E-state index contributed by atoms with van der Waals surface area (Å²) in [4.78, 5) is 0. The van der Waals surface area contributed by atoms with Crippen molar-refractivity contribution in [2.24, 2.45) is 5.92 Å². The highest BCUT2D eigenvalue weighted by Gasteiger charge is 2.40. The summed E-state index contributed by atoms with van der Waals surface area (Å²) in [6, 6.07) is 0. The molecule has 0 aliphatic rings. The fraction of sp³-hybridized carbons (Fsp3) is 0.769. The van der Waals surface area contributed by atoms with Crippen molar-refractivity contribution in [3.8, 4) is 22.9 Å². The lowest BCUT2D eigenvalue weighted by atomic mass is 10.0. The molecule has 0 aromatic rings. The Morgan fingerprint density at radius 1 is 0.719 bits per heavy atom. The molecule has 0 saturated heterocycles. The van der Waals surface area contributed by atoms with Gasteiger partial charge < -0.3 is 8.85 Å². The van der Waals surface area contributed by atoms with E-state index in [0.29, 0.717) is 5.92 Å². The fourth-order valence-corrected chi connectivity index (χ4v) is 6.03. The van der Waals surface area contributed by atoms with E-state index in [1.807, 2.05) is 0 Å². The van der Waals surface area contributed by atoms with Crippen molar-refractivity contribution < 1.29 is 8.85 Å². The molecule has 0 spiro atoms. The highest BCUT2D eigenvalue weighted by Crippen LogP contribution is 2.38. The van der Waals surface area contributed by atoms with Gasteiger partial charge in [-0.3, -0.25) is 0 Å². The normalized spacial score (nSPS) is 15.3. The van der Waals surface area contributed by atoms with Crippen LogP contribution in [0.2, 0.25) is 77.1 Å². The third kappa shape index (κ3) is 12.8. The molecule has 2 nitrogen and oxygen atoms in total. The molecule has 0 radical (unpaired) electrons. The maximum atomic E-state index is 6.81. The van der Waals surface area contributed by atoms with Crippen LogP contribution in [0.3, 0.4) is 0 Å². The summed E-state index contributed by atoms with van der Waals surface area (Å²) in [7, 11) is -7.03. The van der Waals surface area contributed by atoms with Gasteiger partial charge in [-0.05, 0) is 49.8 Å². The van der Waals surface area contributed by atoms with Crippen molar-refractivity contribution in [2.75, 3.05) is 0 Å². The second-order valence-corrected chi connectivity index (χ2v) is 32.6. The van der Waals surface area contributed by atoms with Gasteiger partial charge in [-0.1, -0.05) is 91.8 Å². The van der Waals surface area contributed by atoms with E-state index < -0.39 is 38.4 Å². The van der Waals surface area contributed by atoms with Gasteiger partial charge in [0.25, 0.3) is 0 Å². The van der Waals surface area contributed by atoms with Gasteiger partial charge in [0.1, 0.15) is 16.1 Å². The lowest BCUT2D eigenvalue weighted by Crippen LogP contribution is -2.45. The van der Waals surface area contributed by atoms with Crippen LogP contribution in [-0.2, 0) is 8.85 Å². The van der Waals surface area contributed by atoms with Gasteiger partial charge in [-0.2, -0.15) is 0 Å². The molecule has 0 bridgehead atoms. The maximum absolute atomic E-state index is 6.81. The monoisotopic (exact) mass is 508 g/mol. The average Bonchev–Trinajstić information content (AvgIpc) is 2.50. The molecule has 0 rings (SSSR count). The summed E-state index contributed by atoms with van der Waals surface area (Å²) < 4.78 is 13.6. The summed E-state index contributed by atoms with van der Waals surface area (Å²) in [6.45, 7) is 36.2. The summed E-state index contributed by atoms with van der Waals surface area (Å²) in [5.41, 5.74) is 6.26. The van der Waals surface area contributed by atoms with E-state index >= 15 is 0 Å². The smallest absolute Gasteiger partial charge is 0.199 e. The van der Waals surface area contributed by atoms with Crippen LogP contribution in [0.1, 0.15) is 34.6 Å². The van der Waals surface area contributed by atoms with E-state index in [4.69, 9.17) is 8.85 Å². The fourth-order valence-electron chi connectivity index (χ4n) is 2.39. The Bertz CT molecular complexity index is 730. The first-order chi connectivity index (χ1) is 13.9. The highest BCUT2D eigenvalue weighted by atomic mass is 28.4. The zero-order valence-corrected chi connectivity index (χ0v) is 28.1.